The number of alkyl carbamates (subject to hydrolysis) is 3. The van der Waals surface area contributed by atoms with Crippen molar-refractivity contribution in [1.29, 1.82) is 0 Å². The van der Waals surface area contributed by atoms with E-state index in [9.17, 15) is 24.0 Å². The lowest BCUT2D eigenvalue weighted by atomic mass is 9.62. The smallest absolute Gasteiger partial charge is 0.407 e. The molecule has 15 heteroatoms. The molecule has 6 atom stereocenters. The zero-order valence-electron chi connectivity index (χ0n) is 51.5. The van der Waals surface area contributed by atoms with Crippen LogP contribution in [0.5, 0.6) is 0 Å². The molecular weight excluding hydrogens is 983 g/mol. The maximum Gasteiger partial charge on any atom is 0.407 e. The Bertz CT molecular complexity index is 1940. The number of hydrogen-bond donors (Lipinski definition) is 6. The molecule has 2 aliphatic rings. The van der Waals surface area contributed by atoms with Crippen LogP contribution < -0.4 is 32.1 Å². The lowest BCUT2D eigenvalue weighted by Crippen LogP contribution is -2.51. The predicted molar refractivity (Wildman–Crippen MR) is 318 cm³/mol. The summed E-state index contributed by atoms with van der Waals surface area (Å²) in [4.78, 5) is 73.2. The van der Waals surface area contributed by atoms with Crippen molar-refractivity contribution in [3.05, 3.63) is 21.6 Å². The van der Waals surface area contributed by atoms with Gasteiger partial charge in [0.1, 0.15) is 0 Å². The Labute approximate surface area is 473 Å². The highest BCUT2D eigenvalue weighted by molar-refractivity contribution is 5.87. The predicted octanol–water partition coefficient (Wildman–Crippen LogP) is 15.8. The summed E-state index contributed by atoms with van der Waals surface area (Å²) in [6.07, 6.45) is 32.7. The van der Waals surface area contributed by atoms with E-state index in [1.807, 2.05) is 0 Å². The molecule has 2 saturated carbocycles. The molecule has 0 radical (unpaired) electrons. The highest BCUT2D eigenvalue weighted by Gasteiger charge is 2.43. The van der Waals surface area contributed by atoms with Gasteiger partial charge in [0, 0.05) is 37.2 Å². The second-order valence-corrected chi connectivity index (χ2v) is 26.6. The summed E-state index contributed by atoms with van der Waals surface area (Å²) < 4.78 is 17.4. The van der Waals surface area contributed by atoms with Crippen molar-refractivity contribution in [3.8, 4) is 0 Å². The second kappa shape index (κ2) is 36.3. The van der Waals surface area contributed by atoms with Crippen LogP contribution >= 0.6 is 0 Å². The molecule has 5 amide bonds. The Morgan fingerprint density at radius 1 is 0.551 bits per heavy atom. The minimum Gasteiger partial charge on any atom is -0.449 e. The van der Waals surface area contributed by atoms with Crippen LogP contribution in [0.1, 0.15) is 273 Å². The lowest BCUT2D eigenvalue weighted by molar-refractivity contribution is 0.0596. The van der Waals surface area contributed by atoms with Crippen molar-refractivity contribution in [2.75, 3.05) is 38.2 Å². The van der Waals surface area contributed by atoms with Gasteiger partial charge in [0.2, 0.25) is 5.95 Å². The third kappa shape index (κ3) is 28.9. The molecule has 1 aromatic heterocycles. The van der Waals surface area contributed by atoms with Crippen LogP contribution in [0.4, 0.5) is 25.1 Å². The highest BCUT2D eigenvalue weighted by Crippen LogP contribution is 2.47. The monoisotopic (exact) mass is 1100 g/mol. The third-order valence-electron chi connectivity index (χ3n) is 16.7. The molecule has 0 saturated heterocycles. The number of aryl methyl sites for hydroxylation is 1. The number of anilines is 1. The molecule has 1 aromatic rings. The topological polar surface area (TPSA) is 202 Å². The molecule has 6 N–H and O–H groups in total. The van der Waals surface area contributed by atoms with E-state index in [4.69, 9.17) is 14.2 Å². The number of carbonyl (C=O) groups is 4. The van der Waals surface area contributed by atoms with Gasteiger partial charge in [-0.25, -0.2) is 24.2 Å². The van der Waals surface area contributed by atoms with E-state index < -0.39 is 17.7 Å². The first-order valence-electron chi connectivity index (χ1n) is 31.5. The number of carbonyl (C=O) groups excluding carboxylic acids is 4. The van der Waals surface area contributed by atoms with E-state index in [2.05, 4.69) is 106 Å². The van der Waals surface area contributed by atoms with Crippen LogP contribution in [-0.2, 0) is 20.6 Å². The van der Waals surface area contributed by atoms with Gasteiger partial charge in [-0.15, -0.1) is 0 Å². The fourth-order valence-electron chi connectivity index (χ4n) is 13.3. The largest absolute Gasteiger partial charge is 0.449 e. The quantitative estimate of drug-likeness (QED) is 0.0275. The van der Waals surface area contributed by atoms with Crippen LogP contribution in [0.2, 0.25) is 0 Å². The molecule has 3 rings (SSSR count). The van der Waals surface area contributed by atoms with E-state index >= 15 is 0 Å². The normalized spacial score (nSPS) is 21.4. The van der Waals surface area contributed by atoms with E-state index in [0.29, 0.717) is 62.2 Å². The zero-order chi connectivity index (χ0) is 57.5. The number of hydrogen-bond acceptors (Lipinski definition) is 9. The van der Waals surface area contributed by atoms with Crippen LogP contribution in [0.15, 0.2) is 4.79 Å². The van der Waals surface area contributed by atoms with Crippen molar-refractivity contribution in [2.45, 2.75) is 287 Å². The van der Waals surface area contributed by atoms with Gasteiger partial charge in [0.25, 0.3) is 5.56 Å². The first-order chi connectivity index (χ1) is 37.1. The van der Waals surface area contributed by atoms with Gasteiger partial charge in [0.05, 0.1) is 25.5 Å². The van der Waals surface area contributed by atoms with E-state index in [1.165, 1.54) is 128 Å². The lowest BCUT2D eigenvalue weighted by Gasteiger charge is -2.46. The molecule has 2 aliphatic carbocycles. The minimum absolute atomic E-state index is 0.0178. The summed E-state index contributed by atoms with van der Waals surface area (Å²) in [5, 5.41) is 15.0. The molecule has 1 heterocycles. The molecular formula is C63H115N7O8. The number of urea groups is 1. The Hall–Kier alpha value is -4.04. The number of nitrogens with zero attached hydrogens (tertiary/aromatic N) is 1. The Morgan fingerprint density at radius 3 is 1.37 bits per heavy atom. The number of amides is 5. The van der Waals surface area contributed by atoms with Crippen LogP contribution in [0, 0.1) is 40.4 Å². The van der Waals surface area contributed by atoms with Gasteiger partial charge in [-0.1, -0.05) is 198 Å². The molecule has 0 aliphatic heterocycles. The number of unbranched alkanes of at least 4 members (excludes halogenated alkanes) is 16. The Morgan fingerprint density at radius 2 is 0.949 bits per heavy atom. The molecule has 450 valence electrons. The zero-order valence-corrected chi connectivity index (χ0v) is 51.5. The van der Waals surface area contributed by atoms with Crippen molar-refractivity contribution < 1.29 is 33.4 Å². The fourth-order valence-corrected chi connectivity index (χ4v) is 13.3. The first kappa shape index (κ1) is 68.2. The van der Waals surface area contributed by atoms with Crippen molar-refractivity contribution >= 4 is 30.3 Å². The van der Waals surface area contributed by atoms with Crippen molar-refractivity contribution in [2.24, 2.45) is 33.5 Å². The Balaban J connectivity index is 1.45. The van der Waals surface area contributed by atoms with Crippen molar-refractivity contribution in [3.63, 3.8) is 0 Å². The van der Waals surface area contributed by atoms with E-state index in [1.54, 1.807) is 6.92 Å². The summed E-state index contributed by atoms with van der Waals surface area (Å²) in [7, 11) is 0. The van der Waals surface area contributed by atoms with Gasteiger partial charge in [-0.3, -0.25) is 15.1 Å². The molecule has 6 unspecified atom stereocenters. The Kier molecular flexibility index (Phi) is 31.8. The third-order valence-corrected chi connectivity index (χ3v) is 16.7. The van der Waals surface area contributed by atoms with Gasteiger partial charge in [0.15, 0.2) is 0 Å². The maximum absolute atomic E-state index is 13.3. The summed E-state index contributed by atoms with van der Waals surface area (Å²) in [6.45, 7) is 25.3. The van der Waals surface area contributed by atoms with Crippen LogP contribution in [-0.4, -0.2) is 79.3 Å². The minimum atomic E-state index is -0.580. The van der Waals surface area contributed by atoms with E-state index in [-0.39, 0.29) is 64.9 Å². The van der Waals surface area contributed by atoms with Crippen LogP contribution in [0.25, 0.3) is 0 Å². The van der Waals surface area contributed by atoms with Gasteiger partial charge in [-0.2, -0.15) is 0 Å². The number of ether oxygens (including phenoxy) is 3. The number of nitrogens with one attached hydrogen (secondary N) is 6. The van der Waals surface area contributed by atoms with Gasteiger partial charge in [-0.05, 0) is 105 Å². The summed E-state index contributed by atoms with van der Waals surface area (Å²) >= 11 is 0. The molecule has 78 heavy (non-hydrogen) atoms. The van der Waals surface area contributed by atoms with Gasteiger partial charge < -0.3 is 35.5 Å². The molecule has 2 fully saturated rings. The summed E-state index contributed by atoms with van der Waals surface area (Å²) in [5.74, 6) is 0.786. The molecule has 0 bridgehead atoms. The molecule has 15 nitrogen and oxygen atoms in total. The standard InChI is InChI=1S/C63H115N7O8/c1-12-16-20-24-26-30-34-49(32-28-22-18-14-3)42-77-58(74)67-51-38-60(6,7)44-62(10,40-51)46-64-56(72)70-55-66-48(5)53(54(71)69-55)36-37-76-57(73)65-47-63(11)41-52(39-61(8,9)45-63)68-59(75)78-43-50(33-29-23-19-15-4)35-31-27-25-21-17-13-2/h49-52H,12-47H2,1-11H3,(H,65,73)(H,67,74)(H,68,75)(H3,64,66,69,70,71,72). The SMILES string of the molecule is CCCCCCCCC(CCCCCC)COC(=O)NC1CC(C)(C)CC(C)(CNC(=O)Nc2nc(C)c(CCOC(=O)NCC3(C)CC(NC(=O)OCC(CCCCCC)CCCCCCCC)CC(C)(C)C3)c(=O)[nH]2)C1. The number of aromatic nitrogens is 2. The average Bonchev–Trinajstić information content (AvgIpc) is 3.43. The average molecular weight is 1100 g/mol. The second-order valence-electron chi connectivity index (χ2n) is 26.6. The number of rotatable bonds is 38. The van der Waals surface area contributed by atoms with Gasteiger partial charge >= 0.3 is 24.3 Å². The highest BCUT2D eigenvalue weighted by atomic mass is 16.6. The fraction of sp³-hybridized carbons (Fsp3) is 0.873. The number of H-pyrrole nitrogens is 1. The van der Waals surface area contributed by atoms with Crippen LogP contribution in [0.3, 0.4) is 0 Å². The number of aromatic amines is 1. The maximum atomic E-state index is 13.3. The molecule has 0 spiro atoms. The summed E-state index contributed by atoms with van der Waals surface area (Å²) in [6, 6.07) is -0.692. The first-order valence-corrected chi connectivity index (χ1v) is 31.5. The van der Waals surface area contributed by atoms with Crippen molar-refractivity contribution in [1.82, 2.24) is 31.2 Å². The van der Waals surface area contributed by atoms with E-state index in [0.717, 1.165) is 51.4 Å². The summed E-state index contributed by atoms with van der Waals surface area (Å²) in [5.41, 5.74) is -0.418. The molecule has 0 aromatic carbocycles.